The number of H-pyrrole nitrogens is 1. The molecule has 0 amide bonds. The lowest BCUT2D eigenvalue weighted by Gasteiger charge is -2.07. The van der Waals surface area contributed by atoms with Crippen LogP contribution < -0.4 is 5.56 Å². The van der Waals surface area contributed by atoms with Crippen molar-refractivity contribution in [2.24, 2.45) is 0 Å². The number of pyridine rings is 1. The molecule has 0 aliphatic heterocycles. The van der Waals surface area contributed by atoms with Crippen molar-refractivity contribution in [1.29, 1.82) is 5.26 Å². The lowest BCUT2D eigenvalue weighted by Crippen LogP contribution is -2.12. The second-order valence-corrected chi connectivity index (χ2v) is 5.87. The van der Waals surface area contributed by atoms with E-state index in [1.807, 2.05) is 55.2 Å². The maximum Gasteiger partial charge on any atom is 0.268 e. The first kappa shape index (κ1) is 15.1. The van der Waals surface area contributed by atoms with Crippen molar-refractivity contribution in [1.82, 2.24) is 14.5 Å². The monoisotopic (exact) mass is 306 g/mol. The van der Waals surface area contributed by atoms with Gasteiger partial charge in [-0.25, -0.2) is 0 Å². The molecule has 0 aliphatic carbocycles. The Hall–Kier alpha value is -2.84. The van der Waals surface area contributed by atoms with Gasteiger partial charge in [-0.3, -0.25) is 4.79 Å². The molecule has 2 aromatic heterocycles. The smallest absolute Gasteiger partial charge is 0.268 e. The van der Waals surface area contributed by atoms with Crippen LogP contribution in [0.5, 0.6) is 0 Å². The molecular weight excluding hydrogens is 288 g/mol. The Labute approximate surface area is 134 Å². The summed E-state index contributed by atoms with van der Waals surface area (Å²) >= 11 is 0. The lowest BCUT2D eigenvalue weighted by molar-refractivity contribution is 0.403. The molecule has 0 saturated heterocycles. The van der Waals surface area contributed by atoms with E-state index in [2.05, 4.69) is 16.0 Å². The van der Waals surface area contributed by atoms with E-state index in [-0.39, 0.29) is 11.1 Å². The van der Waals surface area contributed by atoms with Gasteiger partial charge in [0, 0.05) is 30.9 Å². The molecule has 0 atom stereocenters. The van der Waals surface area contributed by atoms with E-state index >= 15 is 0 Å². The maximum atomic E-state index is 12.0. The van der Waals surface area contributed by atoms with E-state index in [0.29, 0.717) is 12.1 Å². The Kier molecular flexibility index (Phi) is 4.00. The predicted octanol–water partition coefficient (Wildman–Crippen LogP) is 2.31. The highest BCUT2D eigenvalue weighted by Crippen LogP contribution is 2.24. The third-order valence-electron chi connectivity index (χ3n) is 3.81. The number of benzene rings is 1. The Bertz CT molecular complexity index is 929. The van der Waals surface area contributed by atoms with E-state index in [9.17, 15) is 10.1 Å². The summed E-state index contributed by atoms with van der Waals surface area (Å²) in [5.74, 6) is 0. The number of aromatic nitrogens is 2. The molecule has 3 aromatic rings. The Balaban J connectivity index is 2.21. The molecule has 0 fully saturated rings. The summed E-state index contributed by atoms with van der Waals surface area (Å²) in [5.41, 5.74) is 2.75. The van der Waals surface area contributed by atoms with Crippen molar-refractivity contribution in [2.75, 3.05) is 14.1 Å². The summed E-state index contributed by atoms with van der Waals surface area (Å²) in [5, 5.41) is 10.3. The van der Waals surface area contributed by atoms with Gasteiger partial charge in [0.25, 0.3) is 5.56 Å². The minimum atomic E-state index is -0.344. The summed E-state index contributed by atoms with van der Waals surface area (Å²) in [6, 6.07) is 12.1. The maximum absolute atomic E-state index is 12.0. The summed E-state index contributed by atoms with van der Waals surface area (Å²) < 4.78 is 2.00. The van der Waals surface area contributed by atoms with Crippen LogP contribution in [0.4, 0.5) is 0 Å². The number of hydrogen-bond donors (Lipinski definition) is 1. The highest BCUT2D eigenvalue weighted by molar-refractivity contribution is 5.87. The number of rotatable bonds is 4. The fraction of sp³-hybridized carbons (Fsp3) is 0.222. The second-order valence-electron chi connectivity index (χ2n) is 5.87. The number of nitriles is 1. The van der Waals surface area contributed by atoms with Crippen LogP contribution in [0.25, 0.3) is 10.9 Å². The molecular formula is C18H18N4O. The molecule has 5 heteroatoms. The normalized spacial score (nSPS) is 11.0. The highest BCUT2D eigenvalue weighted by atomic mass is 16.1. The molecule has 1 N–H and O–H groups in total. The molecule has 0 spiro atoms. The summed E-state index contributed by atoms with van der Waals surface area (Å²) in [6.45, 7) is 1.37. The number of aromatic amines is 1. The van der Waals surface area contributed by atoms with Gasteiger partial charge in [0.2, 0.25) is 0 Å². The zero-order valence-corrected chi connectivity index (χ0v) is 13.2. The minimum absolute atomic E-state index is 0.170. The van der Waals surface area contributed by atoms with Gasteiger partial charge in [-0.15, -0.1) is 0 Å². The van der Waals surface area contributed by atoms with Crippen molar-refractivity contribution >= 4 is 10.9 Å². The molecule has 0 unspecified atom stereocenters. The van der Waals surface area contributed by atoms with Crippen LogP contribution in [-0.4, -0.2) is 28.5 Å². The minimum Gasteiger partial charge on any atom is -0.341 e. The van der Waals surface area contributed by atoms with Crippen LogP contribution in [0.2, 0.25) is 0 Å². The fourth-order valence-corrected chi connectivity index (χ4v) is 2.86. The predicted molar refractivity (Wildman–Crippen MR) is 90.2 cm³/mol. The van der Waals surface area contributed by atoms with Gasteiger partial charge in [0.05, 0.1) is 5.52 Å². The Morgan fingerprint density at radius 1 is 1.26 bits per heavy atom. The fourth-order valence-electron chi connectivity index (χ4n) is 2.86. The molecule has 0 radical (unpaired) electrons. The average molecular weight is 306 g/mol. The molecule has 2 heterocycles. The van der Waals surface area contributed by atoms with Crippen LogP contribution in [0.15, 0.2) is 47.5 Å². The zero-order valence-electron chi connectivity index (χ0n) is 13.2. The van der Waals surface area contributed by atoms with Gasteiger partial charge in [0.1, 0.15) is 11.6 Å². The third kappa shape index (κ3) is 2.89. The average Bonchev–Trinajstić information content (AvgIpc) is 2.85. The first-order chi connectivity index (χ1) is 11.1. The van der Waals surface area contributed by atoms with Gasteiger partial charge in [0.15, 0.2) is 0 Å². The van der Waals surface area contributed by atoms with Crippen molar-refractivity contribution in [3.63, 3.8) is 0 Å². The van der Waals surface area contributed by atoms with E-state index in [4.69, 9.17) is 0 Å². The van der Waals surface area contributed by atoms with Crippen molar-refractivity contribution in [3.8, 4) is 6.07 Å². The van der Waals surface area contributed by atoms with Gasteiger partial charge in [-0.05, 0) is 25.2 Å². The quantitative estimate of drug-likeness (QED) is 0.804. The molecule has 116 valence electrons. The van der Waals surface area contributed by atoms with E-state index in [1.54, 1.807) is 6.20 Å². The van der Waals surface area contributed by atoms with Gasteiger partial charge < -0.3 is 14.5 Å². The van der Waals surface area contributed by atoms with Gasteiger partial charge in [-0.2, -0.15) is 5.26 Å². The largest absolute Gasteiger partial charge is 0.341 e. The third-order valence-corrected chi connectivity index (χ3v) is 3.81. The first-order valence-corrected chi connectivity index (χ1v) is 7.42. The van der Waals surface area contributed by atoms with Crippen LogP contribution in [0, 0.1) is 11.3 Å². The number of hydrogen-bond acceptors (Lipinski definition) is 3. The SMILES string of the molecule is CN(C)Cc1cn(Cc2ccccc2)c2c(C#N)c(=O)[nH]cc12. The number of nitrogens with one attached hydrogen (secondary N) is 1. The van der Waals surface area contributed by atoms with Crippen LogP contribution in [-0.2, 0) is 13.1 Å². The molecule has 5 nitrogen and oxygen atoms in total. The first-order valence-electron chi connectivity index (χ1n) is 7.42. The van der Waals surface area contributed by atoms with Crippen molar-refractivity contribution in [3.05, 3.63) is 69.8 Å². The highest BCUT2D eigenvalue weighted by Gasteiger charge is 2.15. The molecule has 23 heavy (non-hydrogen) atoms. The number of fused-ring (bicyclic) bond motifs is 1. The molecule has 1 aromatic carbocycles. The van der Waals surface area contributed by atoms with Crippen molar-refractivity contribution < 1.29 is 0 Å². The Morgan fingerprint density at radius 3 is 2.65 bits per heavy atom. The topological polar surface area (TPSA) is 64.8 Å². The molecule has 0 saturated carbocycles. The van der Waals surface area contributed by atoms with Crippen LogP contribution in [0.3, 0.4) is 0 Å². The molecule has 0 aliphatic rings. The van der Waals surface area contributed by atoms with Crippen LogP contribution in [0.1, 0.15) is 16.7 Å². The molecule has 0 bridgehead atoms. The summed E-state index contributed by atoms with van der Waals surface area (Å²) in [6.07, 6.45) is 3.74. The van der Waals surface area contributed by atoms with Crippen molar-refractivity contribution in [2.45, 2.75) is 13.1 Å². The molecule has 3 rings (SSSR count). The van der Waals surface area contributed by atoms with Gasteiger partial charge >= 0.3 is 0 Å². The summed E-state index contributed by atoms with van der Waals surface area (Å²) in [7, 11) is 3.99. The number of nitrogens with zero attached hydrogens (tertiary/aromatic N) is 3. The lowest BCUT2D eigenvalue weighted by atomic mass is 10.1. The Morgan fingerprint density at radius 2 is 2.00 bits per heavy atom. The van der Waals surface area contributed by atoms with Crippen LogP contribution >= 0.6 is 0 Å². The van der Waals surface area contributed by atoms with E-state index in [1.165, 1.54) is 0 Å². The van der Waals surface area contributed by atoms with E-state index in [0.717, 1.165) is 23.1 Å². The van der Waals surface area contributed by atoms with Gasteiger partial charge in [-0.1, -0.05) is 30.3 Å². The summed E-state index contributed by atoms with van der Waals surface area (Å²) in [4.78, 5) is 16.7. The second kappa shape index (κ2) is 6.11. The van der Waals surface area contributed by atoms with E-state index < -0.39 is 0 Å². The zero-order chi connectivity index (χ0) is 16.4. The standard InChI is InChI=1S/C18H18N4O/c1-21(2)11-14-12-22(10-13-6-4-3-5-7-13)17-15(8-19)18(23)20-9-16(14)17/h3-7,9,12H,10-11H2,1-2H3,(H,20,23).